The molecule has 2 nitrogen and oxygen atoms in total. The summed E-state index contributed by atoms with van der Waals surface area (Å²) < 4.78 is 0.178. The van der Waals surface area contributed by atoms with Crippen LogP contribution in [0.3, 0.4) is 0 Å². The summed E-state index contributed by atoms with van der Waals surface area (Å²) in [6.45, 7) is 6.53. The maximum Gasteiger partial charge on any atom is 0.120 e. The minimum Gasteiger partial charge on any atom is -0.149 e. The first kappa shape index (κ1) is 10.4. The second-order valence-corrected chi connectivity index (χ2v) is 6.30. The van der Waals surface area contributed by atoms with E-state index >= 15 is 0 Å². The SMILES string of the molecule is CC(C)(C)Sc1cc2ccccc2nn1. The van der Waals surface area contributed by atoms with Crippen molar-refractivity contribution in [2.45, 2.75) is 30.5 Å². The highest BCUT2D eigenvalue weighted by atomic mass is 32.2. The van der Waals surface area contributed by atoms with E-state index in [1.807, 2.05) is 18.2 Å². The molecule has 0 N–H and O–H groups in total. The van der Waals surface area contributed by atoms with E-state index in [0.29, 0.717) is 0 Å². The van der Waals surface area contributed by atoms with Crippen LogP contribution in [0, 0.1) is 0 Å². The van der Waals surface area contributed by atoms with Gasteiger partial charge >= 0.3 is 0 Å². The zero-order valence-corrected chi connectivity index (χ0v) is 10.0. The Kier molecular flexibility index (Phi) is 2.65. The van der Waals surface area contributed by atoms with E-state index in [-0.39, 0.29) is 4.75 Å². The highest BCUT2D eigenvalue weighted by Gasteiger charge is 2.13. The highest BCUT2D eigenvalue weighted by molar-refractivity contribution is 8.00. The molecule has 1 heterocycles. The Balaban J connectivity index is 2.39. The minimum atomic E-state index is 0.178. The molecule has 0 atom stereocenters. The Labute approximate surface area is 94.1 Å². The fourth-order valence-electron chi connectivity index (χ4n) is 1.33. The van der Waals surface area contributed by atoms with E-state index in [9.17, 15) is 0 Å². The van der Waals surface area contributed by atoms with Gasteiger partial charge in [-0.3, -0.25) is 0 Å². The third-order valence-electron chi connectivity index (χ3n) is 1.88. The van der Waals surface area contributed by atoms with Crippen LogP contribution < -0.4 is 0 Å². The molecule has 2 aromatic rings. The topological polar surface area (TPSA) is 25.8 Å². The maximum atomic E-state index is 4.21. The van der Waals surface area contributed by atoms with Gasteiger partial charge in [0, 0.05) is 10.1 Å². The second kappa shape index (κ2) is 3.81. The zero-order chi connectivity index (χ0) is 10.9. The Bertz CT molecular complexity index is 474. The van der Waals surface area contributed by atoms with Crippen molar-refractivity contribution < 1.29 is 0 Å². The van der Waals surface area contributed by atoms with Gasteiger partial charge in [-0.15, -0.1) is 10.2 Å². The highest BCUT2D eigenvalue weighted by Crippen LogP contribution is 2.30. The fourth-order valence-corrected chi connectivity index (χ4v) is 2.22. The van der Waals surface area contributed by atoms with Gasteiger partial charge in [-0.1, -0.05) is 50.7 Å². The van der Waals surface area contributed by atoms with Crippen LogP contribution in [0.5, 0.6) is 0 Å². The zero-order valence-electron chi connectivity index (χ0n) is 9.19. The number of nitrogens with zero attached hydrogens (tertiary/aromatic N) is 2. The number of aromatic nitrogens is 2. The van der Waals surface area contributed by atoms with Crippen LogP contribution in [0.1, 0.15) is 20.8 Å². The molecule has 1 aromatic heterocycles. The molecule has 0 aliphatic carbocycles. The first-order valence-electron chi connectivity index (χ1n) is 4.96. The summed E-state index contributed by atoms with van der Waals surface area (Å²) >= 11 is 1.74. The van der Waals surface area contributed by atoms with Crippen LogP contribution in [0.15, 0.2) is 35.4 Å². The average Bonchev–Trinajstić information content (AvgIpc) is 2.15. The van der Waals surface area contributed by atoms with Gasteiger partial charge in [0.2, 0.25) is 0 Å². The lowest BCUT2D eigenvalue weighted by Crippen LogP contribution is -2.07. The largest absolute Gasteiger partial charge is 0.149 e. The smallest absolute Gasteiger partial charge is 0.120 e. The van der Waals surface area contributed by atoms with E-state index in [0.717, 1.165) is 15.9 Å². The lowest BCUT2D eigenvalue weighted by atomic mass is 10.2. The Morgan fingerprint density at radius 1 is 1.07 bits per heavy atom. The second-order valence-electron chi connectivity index (χ2n) is 4.46. The van der Waals surface area contributed by atoms with Crippen molar-refractivity contribution >= 4 is 22.7 Å². The molecule has 0 unspecified atom stereocenters. The predicted molar refractivity (Wildman–Crippen MR) is 65.1 cm³/mol. The first-order valence-corrected chi connectivity index (χ1v) is 5.78. The summed E-state index contributed by atoms with van der Waals surface area (Å²) in [5, 5.41) is 10.5. The Morgan fingerprint density at radius 2 is 1.80 bits per heavy atom. The molecule has 0 aliphatic heterocycles. The van der Waals surface area contributed by atoms with Crippen molar-refractivity contribution in [2.75, 3.05) is 0 Å². The van der Waals surface area contributed by atoms with Crippen LogP contribution in [0.4, 0.5) is 0 Å². The molecule has 0 spiro atoms. The number of fused-ring (bicyclic) bond motifs is 1. The molecule has 78 valence electrons. The maximum absolute atomic E-state index is 4.21. The van der Waals surface area contributed by atoms with Gasteiger partial charge in [-0.2, -0.15) is 0 Å². The number of rotatable bonds is 1. The number of benzene rings is 1. The van der Waals surface area contributed by atoms with Gasteiger partial charge in [0.05, 0.1) is 5.52 Å². The van der Waals surface area contributed by atoms with Gasteiger partial charge in [-0.05, 0) is 12.1 Å². The van der Waals surface area contributed by atoms with E-state index in [1.165, 1.54) is 0 Å². The quantitative estimate of drug-likeness (QED) is 0.685. The Hall–Kier alpha value is -1.09. The van der Waals surface area contributed by atoms with E-state index in [1.54, 1.807) is 11.8 Å². The molecule has 0 saturated carbocycles. The van der Waals surface area contributed by atoms with E-state index in [2.05, 4.69) is 43.1 Å². The molecule has 2 rings (SSSR count). The summed E-state index contributed by atoms with van der Waals surface area (Å²) in [4.78, 5) is 0. The molecule has 0 amide bonds. The minimum absolute atomic E-state index is 0.178. The van der Waals surface area contributed by atoms with Crippen LogP contribution >= 0.6 is 11.8 Å². The third-order valence-corrected chi connectivity index (χ3v) is 2.90. The van der Waals surface area contributed by atoms with Crippen molar-refractivity contribution in [3.63, 3.8) is 0 Å². The molecule has 0 aliphatic rings. The lowest BCUT2D eigenvalue weighted by Gasteiger charge is -2.16. The Morgan fingerprint density at radius 3 is 2.53 bits per heavy atom. The first-order chi connectivity index (χ1) is 7.04. The summed E-state index contributed by atoms with van der Waals surface area (Å²) in [5.74, 6) is 0. The number of hydrogen-bond acceptors (Lipinski definition) is 3. The van der Waals surface area contributed by atoms with Gasteiger partial charge in [0.15, 0.2) is 0 Å². The van der Waals surface area contributed by atoms with Crippen LogP contribution in [-0.2, 0) is 0 Å². The summed E-state index contributed by atoms with van der Waals surface area (Å²) in [6, 6.07) is 10.1. The normalized spacial score (nSPS) is 11.9. The fraction of sp³-hybridized carbons (Fsp3) is 0.333. The molecule has 0 bridgehead atoms. The third kappa shape index (κ3) is 2.69. The molecule has 0 fully saturated rings. The summed E-state index contributed by atoms with van der Waals surface area (Å²) in [5.41, 5.74) is 0.954. The molecular formula is C12H14N2S. The van der Waals surface area contributed by atoms with Gasteiger partial charge in [0.25, 0.3) is 0 Å². The average molecular weight is 218 g/mol. The van der Waals surface area contributed by atoms with Crippen molar-refractivity contribution in [3.8, 4) is 0 Å². The van der Waals surface area contributed by atoms with Crippen LogP contribution in [-0.4, -0.2) is 14.9 Å². The molecule has 3 heteroatoms. The van der Waals surface area contributed by atoms with E-state index < -0.39 is 0 Å². The summed E-state index contributed by atoms with van der Waals surface area (Å²) in [7, 11) is 0. The van der Waals surface area contributed by atoms with Crippen LogP contribution in [0.25, 0.3) is 10.9 Å². The van der Waals surface area contributed by atoms with Gasteiger partial charge < -0.3 is 0 Å². The van der Waals surface area contributed by atoms with Crippen molar-refractivity contribution in [2.24, 2.45) is 0 Å². The molecular weight excluding hydrogens is 204 g/mol. The molecule has 1 aromatic carbocycles. The number of hydrogen-bond donors (Lipinski definition) is 0. The lowest BCUT2D eigenvalue weighted by molar-refractivity contribution is 0.795. The molecule has 15 heavy (non-hydrogen) atoms. The van der Waals surface area contributed by atoms with Crippen molar-refractivity contribution in [1.82, 2.24) is 10.2 Å². The molecule has 0 radical (unpaired) electrons. The number of thioether (sulfide) groups is 1. The van der Waals surface area contributed by atoms with Crippen LogP contribution in [0.2, 0.25) is 0 Å². The van der Waals surface area contributed by atoms with Crippen molar-refractivity contribution in [3.05, 3.63) is 30.3 Å². The summed E-state index contributed by atoms with van der Waals surface area (Å²) in [6.07, 6.45) is 0. The van der Waals surface area contributed by atoms with Gasteiger partial charge in [-0.25, -0.2) is 0 Å². The van der Waals surface area contributed by atoms with Gasteiger partial charge in [0.1, 0.15) is 5.03 Å². The van der Waals surface area contributed by atoms with E-state index in [4.69, 9.17) is 0 Å². The monoisotopic (exact) mass is 218 g/mol. The molecule has 0 saturated heterocycles. The van der Waals surface area contributed by atoms with Crippen molar-refractivity contribution in [1.29, 1.82) is 0 Å². The predicted octanol–water partition coefficient (Wildman–Crippen LogP) is 3.52. The standard InChI is InChI=1S/C12H14N2S/c1-12(2,3)15-11-8-9-6-4-5-7-10(9)13-14-11/h4-8H,1-3H3.